The van der Waals surface area contributed by atoms with Gasteiger partial charge in [-0.3, -0.25) is 0 Å². The molecule has 1 aliphatic rings. The minimum absolute atomic E-state index is 0.349. The molecule has 0 amide bonds. The van der Waals surface area contributed by atoms with Crippen LogP contribution >= 0.6 is 0 Å². The first kappa shape index (κ1) is 14.4. The van der Waals surface area contributed by atoms with Crippen LogP contribution in [0.1, 0.15) is 58.4 Å². The number of hydrogen-bond acceptors (Lipinski definition) is 2. The highest BCUT2D eigenvalue weighted by Gasteiger charge is 2.35. The average molecular weight is 262 g/mol. The van der Waals surface area contributed by atoms with E-state index in [4.69, 9.17) is 4.74 Å². The van der Waals surface area contributed by atoms with Crippen LogP contribution in [-0.4, -0.2) is 11.7 Å². The molecule has 1 N–H and O–H groups in total. The number of rotatable bonds is 3. The molecule has 0 saturated heterocycles. The molecule has 19 heavy (non-hydrogen) atoms. The van der Waals surface area contributed by atoms with Crippen LogP contribution in [0.2, 0.25) is 0 Å². The molecule has 2 heteroatoms. The molecule has 0 radical (unpaired) electrons. The molecule has 1 fully saturated rings. The standard InChI is InChI=1S/C17H26O2/c1-4-19-15-8-5-7-14(13-15)17(18)10-6-9-16(2,3)11-12-17/h5,7-8,13,18H,4,6,9-12H2,1-3H3. The summed E-state index contributed by atoms with van der Waals surface area (Å²) in [7, 11) is 0. The Morgan fingerprint density at radius 3 is 2.68 bits per heavy atom. The number of benzene rings is 1. The van der Waals surface area contributed by atoms with Crippen LogP contribution < -0.4 is 4.74 Å². The lowest BCUT2D eigenvalue weighted by Crippen LogP contribution is -2.25. The van der Waals surface area contributed by atoms with Crippen LogP contribution in [0, 0.1) is 5.41 Å². The van der Waals surface area contributed by atoms with Crippen LogP contribution in [0.4, 0.5) is 0 Å². The van der Waals surface area contributed by atoms with E-state index >= 15 is 0 Å². The fourth-order valence-electron chi connectivity index (χ4n) is 2.99. The first-order valence-electron chi connectivity index (χ1n) is 7.41. The zero-order valence-electron chi connectivity index (χ0n) is 12.4. The fourth-order valence-corrected chi connectivity index (χ4v) is 2.99. The maximum absolute atomic E-state index is 11.0. The second kappa shape index (κ2) is 5.54. The molecule has 1 aromatic carbocycles. The Balaban J connectivity index is 2.21. The van der Waals surface area contributed by atoms with Gasteiger partial charge in [-0.1, -0.05) is 26.0 Å². The van der Waals surface area contributed by atoms with E-state index in [9.17, 15) is 5.11 Å². The van der Waals surface area contributed by atoms with Gasteiger partial charge in [-0.05, 0) is 62.1 Å². The van der Waals surface area contributed by atoms with Gasteiger partial charge in [0.1, 0.15) is 5.75 Å². The summed E-state index contributed by atoms with van der Waals surface area (Å²) in [6.07, 6.45) is 5.05. The summed E-state index contributed by atoms with van der Waals surface area (Å²) in [4.78, 5) is 0. The zero-order chi connectivity index (χ0) is 13.9. The van der Waals surface area contributed by atoms with E-state index < -0.39 is 5.60 Å². The first-order chi connectivity index (χ1) is 8.95. The Morgan fingerprint density at radius 2 is 1.95 bits per heavy atom. The number of hydrogen-bond donors (Lipinski definition) is 1. The van der Waals surface area contributed by atoms with Crippen molar-refractivity contribution in [1.82, 2.24) is 0 Å². The molecule has 1 aromatic rings. The molecule has 2 rings (SSSR count). The molecule has 1 aliphatic carbocycles. The highest BCUT2D eigenvalue weighted by atomic mass is 16.5. The summed E-state index contributed by atoms with van der Waals surface area (Å²) in [5.41, 5.74) is 0.680. The summed E-state index contributed by atoms with van der Waals surface area (Å²) in [5.74, 6) is 0.858. The fraction of sp³-hybridized carbons (Fsp3) is 0.647. The van der Waals surface area contributed by atoms with Crippen molar-refractivity contribution >= 4 is 0 Å². The maximum atomic E-state index is 11.0. The number of aliphatic hydroxyl groups is 1. The second-order valence-corrected chi connectivity index (χ2v) is 6.51. The molecule has 1 saturated carbocycles. The zero-order valence-corrected chi connectivity index (χ0v) is 12.4. The van der Waals surface area contributed by atoms with Gasteiger partial charge in [0.05, 0.1) is 12.2 Å². The lowest BCUT2D eigenvalue weighted by Gasteiger charge is -2.28. The molecular formula is C17H26O2. The lowest BCUT2D eigenvalue weighted by atomic mass is 9.82. The van der Waals surface area contributed by atoms with Crippen LogP contribution in [-0.2, 0) is 5.60 Å². The highest BCUT2D eigenvalue weighted by molar-refractivity contribution is 5.32. The minimum atomic E-state index is -0.680. The van der Waals surface area contributed by atoms with Gasteiger partial charge < -0.3 is 9.84 Å². The predicted octanol–water partition coefficient (Wildman–Crippen LogP) is 4.26. The van der Waals surface area contributed by atoms with Crippen LogP contribution in [0.5, 0.6) is 5.75 Å². The molecule has 0 aliphatic heterocycles. The summed E-state index contributed by atoms with van der Waals surface area (Å²) in [5, 5.41) is 11.0. The summed E-state index contributed by atoms with van der Waals surface area (Å²) in [6.45, 7) is 7.25. The van der Waals surface area contributed by atoms with E-state index in [0.29, 0.717) is 12.0 Å². The maximum Gasteiger partial charge on any atom is 0.119 e. The number of ether oxygens (including phenoxy) is 1. The van der Waals surface area contributed by atoms with E-state index in [-0.39, 0.29) is 0 Å². The van der Waals surface area contributed by atoms with Crippen LogP contribution in [0.15, 0.2) is 24.3 Å². The Kier molecular flexibility index (Phi) is 4.19. The molecule has 0 spiro atoms. The predicted molar refractivity (Wildman–Crippen MR) is 78.4 cm³/mol. The monoisotopic (exact) mass is 262 g/mol. The molecule has 0 aromatic heterocycles. The minimum Gasteiger partial charge on any atom is -0.494 e. The van der Waals surface area contributed by atoms with Gasteiger partial charge in [-0.15, -0.1) is 0 Å². The molecular weight excluding hydrogens is 236 g/mol. The Bertz CT molecular complexity index is 425. The third-order valence-corrected chi connectivity index (χ3v) is 4.34. The Labute approximate surface area is 116 Å². The Morgan fingerprint density at radius 1 is 1.16 bits per heavy atom. The molecule has 0 bridgehead atoms. The van der Waals surface area contributed by atoms with Crippen molar-refractivity contribution < 1.29 is 9.84 Å². The van der Waals surface area contributed by atoms with Crippen molar-refractivity contribution in [3.63, 3.8) is 0 Å². The van der Waals surface area contributed by atoms with E-state index in [1.165, 1.54) is 6.42 Å². The van der Waals surface area contributed by atoms with Crippen LogP contribution in [0.25, 0.3) is 0 Å². The van der Waals surface area contributed by atoms with Crippen molar-refractivity contribution in [1.29, 1.82) is 0 Å². The smallest absolute Gasteiger partial charge is 0.119 e. The van der Waals surface area contributed by atoms with Gasteiger partial charge in [0.15, 0.2) is 0 Å². The summed E-state index contributed by atoms with van der Waals surface area (Å²) >= 11 is 0. The first-order valence-corrected chi connectivity index (χ1v) is 7.41. The summed E-state index contributed by atoms with van der Waals surface area (Å²) in [6, 6.07) is 7.97. The third kappa shape index (κ3) is 3.50. The van der Waals surface area contributed by atoms with Crippen molar-refractivity contribution in [3.05, 3.63) is 29.8 Å². The molecule has 0 heterocycles. The van der Waals surface area contributed by atoms with Crippen LogP contribution in [0.3, 0.4) is 0 Å². The van der Waals surface area contributed by atoms with Crippen molar-refractivity contribution in [2.45, 2.75) is 58.5 Å². The molecule has 1 unspecified atom stereocenters. The van der Waals surface area contributed by atoms with Gasteiger partial charge in [-0.25, -0.2) is 0 Å². The lowest BCUT2D eigenvalue weighted by molar-refractivity contribution is 0.0178. The van der Waals surface area contributed by atoms with E-state index in [2.05, 4.69) is 13.8 Å². The van der Waals surface area contributed by atoms with Crippen molar-refractivity contribution in [2.24, 2.45) is 5.41 Å². The SMILES string of the molecule is CCOc1cccc(C2(O)CCCC(C)(C)CC2)c1. The average Bonchev–Trinajstić information content (AvgIpc) is 2.50. The van der Waals surface area contributed by atoms with Crippen molar-refractivity contribution in [3.8, 4) is 5.75 Å². The summed E-state index contributed by atoms with van der Waals surface area (Å²) < 4.78 is 5.54. The van der Waals surface area contributed by atoms with Crippen molar-refractivity contribution in [2.75, 3.05) is 6.61 Å². The second-order valence-electron chi connectivity index (χ2n) is 6.51. The quantitative estimate of drug-likeness (QED) is 0.825. The van der Waals surface area contributed by atoms with Gasteiger partial charge in [0, 0.05) is 0 Å². The van der Waals surface area contributed by atoms with Gasteiger partial charge in [-0.2, -0.15) is 0 Å². The third-order valence-electron chi connectivity index (χ3n) is 4.34. The van der Waals surface area contributed by atoms with E-state index in [0.717, 1.165) is 37.0 Å². The van der Waals surface area contributed by atoms with E-state index in [1.807, 2.05) is 31.2 Å². The van der Waals surface area contributed by atoms with Gasteiger partial charge in [0.25, 0.3) is 0 Å². The topological polar surface area (TPSA) is 29.5 Å². The molecule has 2 nitrogen and oxygen atoms in total. The van der Waals surface area contributed by atoms with E-state index in [1.54, 1.807) is 0 Å². The Hall–Kier alpha value is -1.02. The van der Waals surface area contributed by atoms with Gasteiger partial charge >= 0.3 is 0 Å². The van der Waals surface area contributed by atoms with Gasteiger partial charge in [0.2, 0.25) is 0 Å². The normalized spacial score (nSPS) is 26.7. The highest BCUT2D eigenvalue weighted by Crippen LogP contribution is 2.43. The largest absolute Gasteiger partial charge is 0.494 e. The molecule has 106 valence electrons. The molecule has 1 atom stereocenters.